The number of carbonyl (C=O) groups is 2. The van der Waals surface area contributed by atoms with Crippen LogP contribution in [0.3, 0.4) is 0 Å². The van der Waals surface area contributed by atoms with E-state index in [0.717, 1.165) is 19.3 Å². The molecule has 2 fully saturated rings. The van der Waals surface area contributed by atoms with E-state index >= 15 is 0 Å². The third kappa shape index (κ3) is 2.22. The van der Waals surface area contributed by atoms with E-state index in [-0.39, 0.29) is 17.9 Å². The van der Waals surface area contributed by atoms with Crippen molar-refractivity contribution >= 4 is 11.9 Å². The molecule has 0 aliphatic heterocycles. The number of carboxylic acid groups (broad SMARTS) is 1. The lowest BCUT2D eigenvalue weighted by Gasteiger charge is -2.40. The Labute approximate surface area is 120 Å². The largest absolute Gasteiger partial charge is 0.481 e. The third-order valence-electron chi connectivity index (χ3n) is 5.82. The van der Waals surface area contributed by atoms with Crippen LogP contribution in [0.1, 0.15) is 47.0 Å². The van der Waals surface area contributed by atoms with Crippen LogP contribution in [0.2, 0.25) is 0 Å². The summed E-state index contributed by atoms with van der Waals surface area (Å²) in [6.07, 6.45) is 3.24. The second kappa shape index (κ2) is 4.72. The first-order chi connectivity index (χ1) is 9.08. The molecule has 20 heavy (non-hydrogen) atoms. The van der Waals surface area contributed by atoms with E-state index in [1.165, 1.54) is 0 Å². The lowest BCUT2D eigenvalue weighted by molar-refractivity contribution is -0.152. The van der Waals surface area contributed by atoms with Crippen molar-refractivity contribution in [2.45, 2.75) is 58.5 Å². The topological polar surface area (TPSA) is 92.4 Å². The summed E-state index contributed by atoms with van der Waals surface area (Å²) in [4.78, 5) is 23.9. The first kappa shape index (κ1) is 15.3. The van der Waals surface area contributed by atoms with Crippen molar-refractivity contribution in [1.29, 1.82) is 0 Å². The molecule has 2 aliphatic carbocycles. The fourth-order valence-electron chi connectivity index (χ4n) is 3.54. The third-order valence-corrected chi connectivity index (χ3v) is 5.82. The number of nitrogens with one attached hydrogen (secondary N) is 1. The monoisotopic (exact) mass is 282 g/mol. The van der Waals surface area contributed by atoms with Crippen LogP contribution in [-0.2, 0) is 9.59 Å². The molecule has 0 aromatic carbocycles. The lowest BCUT2D eigenvalue weighted by atomic mass is 9.73. The summed E-state index contributed by atoms with van der Waals surface area (Å²) in [6.45, 7) is 6.79. The normalized spacial score (nSPS) is 33.2. The minimum absolute atomic E-state index is 0.0718. The molecule has 4 unspecified atom stereocenters. The van der Waals surface area contributed by atoms with E-state index in [1.807, 2.05) is 0 Å². The standard InChI is InChI=1S/C15H26N2O3/c1-14(2,13(19)20)15(3,4)17-12(18)10-8-5-6-9(7-8)11(10)16/h8-11H,5-7,16H2,1-4H3,(H,17,18)(H,19,20). The Balaban J connectivity index is 2.10. The van der Waals surface area contributed by atoms with Crippen LogP contribution in [0.25, 0.3) is 0 Å². The summed E-state index contributed by atoms with van der Waals surface area (Å²) in [5, 5.41) is 12.3. The van der Waals surface area contributed by atoms with Gasteiger partial charge in [0.25, 0.3) is 0 Å². The zero-order valence-corrected chi connectivity index (χ0v) is 12.8. The average Bonchev–Trinajstić information content (AvgIpc) is 2.87. The Morgan fingerprint density at radius 1 is 1.15 bits per heavy atom. The molecule has 5 nitrogen and oxygen atoms in total. The van der Waals surface area contributed by atoms with Crippen LogP contribution in [0.15, 0.2) is 0 Å². The summed E-state index contributed by atoms with van der Waals surface area (Å²) in [5.74, 6) is -0.313. The van der Waals surface area contributed by atoms with E-state index < -0.39 is 16.9 Å². The molecule has 0 spiro atoms. The number of fused-ring (bicyclic) bond motifs is 2. The number of aliphatic carboxylic acids is 1. The number of hydrogen-bond acceptors (Lipinski definition) is 3. The Morgan fingerprint density at radius 2 is 1.70 bits per heavy atom. The van der Waals surface area contributed by atoms with Gasteiger partial charge in [0.2, 0.25) is 5.91 Å². The number of amides is 1. The maximum Gasteiger partial charge on any atom is 0.311 e. The van der Waals surface area contributed by atoms with E-state index in [0.29, 0.717) is 11.8 Å². The van der Waals surface area contributed by atoms with Gasteiger partial charge in [-0.25, -0.2) is 0 Å². The van der Waals surface area contributed by atoms with E-state index in [1.54, 1.807) is 27.7 Å². The van der Waals surface area contributed by atoms with Gasteiger partial charge in [0.05, 0.1) is 11.3 Å². The maximum absolute atomic E-state index is 12.5. The maximum atomic E-state index is 12.5. The van der Waals surface area contributed by atoms with Crippen molar-refractivity contribution in [2.75, 3.05) is 0 Å². The fourth-order valence-corrected chi connectivity index (χ4v) is 3.54. The van der Waals surface area contributed by atoms with Crippen LogP contribution < -0.4 is 11.1 Å². The Hall–Kier alpha value is -1.10. The number of rotatable bonds is 4. The molecule has 2 bridgehead atoms. The van der Waals surface area contributed by atoms with Crippen LogP contribution in [-0.4, -0.2) is 28.6 Å². The molecule has 5 heteroatoms. The van der Waals surface area contributed by atoms with Crippen molar-refractivity contribution in [3.8, 4) is 0 Å². The number of carbonyl (C=O) groups excluding carboxylic acids is 1. The van der Waals surface area contributed by atoms with Crippen LogP contribution >= 0.6 is 0 Å². The predicted octanol–water partition coefficient (Wildman–Crippen LogP) is 1.37. The number of hydrogen-bond donors (Lipinski definition) is 3. The molecule has 2 aliphatic rings. The average molecular weight is 282 g/mol. The Kier molecular flexibility index (Phi) is 3.61. The summed E-state index contributed by atoms with van der Waals surface area (Å²) in [6, 6.07) is -0.0718. The Bertz CT molecular complexity index is 429. The van der Waals surface area contributed by atoms with Crippen LogP contribution in [0, 0.1) is 23.2 Å². The minimum Gasteiger partial charge on any atom is -0.481 e. The SMILES string of the molecule is CC(C)(NC(=O)C1C2CCC(C2)C1N)C(C)(C)C(=O)O. The quantitative estimate of drug-likeness (QED) is 0.726. The summed E-state index contributed by atoms with van der Waals surface area (Å²) < 4.78 is 0. The van der Waals surface area contributed by atoms with Gasteiger partial charge in [-0.05, 0) is 58.8 Å². The van der Waals surface area contributed by atoms with Crippen molar-refractivity contribution in [3.63, 3.8) is 0 Å². The molecular weight excluding hydrogens is 256 g/mol. The van der Waals surface area contributed by atoms with E-state index in [4.69, 9.17) is 5.73 Å². The summed E-state index contributed by atoms with van der Waals surface area (Å²) in [5.41, 5.74) is 4.32. The minimum atomic E-state index is -1.04. The smallest absolute Gasteiger partial charge is 0.311 e. The highest BCUT2D eigenvalue weighted by Gasteiger charge is 2.51. The van der Waals surface area contributed by atoms with Gasteiger partial charge in [-0.3, -0.25) is 9.59 Å². The van der Waals surface area contributed by atoms with Gasteiger partial charge in [0.1, 0.15) is 0 Å². The molecule has 2 rings (SSSR count). The molecule has 114 valence electrons. The van der Waals surface area contributed by atoms with Crippen LogP contribution in [0.4, 0.5) is 0 Å². The van der Waals surface area contributed by atoms with Gasteiger partial charge in [-0.2, -0.15) is 0 Å². The fraction of sp³-hybridized carbons (Fsp3) is 0.867. The van der Waals surface area contributed by atoms with Gasteiger partial charge < -0.3 is 16.2 Å². The lowest BCUT2D eigenvalue weighted by Crippen LogP contribution is -2.59. The van der Waals surface area contributed by atoms with Gasteiger partial charge in [-0.15, -0.1) is 0 Å². The van der Waals surface area contributed by atoms with Gasteiger partial charge >= 0.3 is 5.97 Å². The van der Waals surface area contributed by atoms with Gasteiger partial charge in [-0.1, -0.05) is 0 Å². The zero-order chi connectivity index (χ0) is 15.3. The van der Waals surface area contributed by atoms with Crippen molar-refractivity contribution in [3.05, 3.63) is 0 Å². The summed E-state index contributed by atoms with van der Waals surface area (Å²) >= 11 is 0. The number of nitrogens with two attached hydrogens (primary N) is 1. The molecule has 2 saturated carbocycles. The van der Waals surface area contributed by atoms with E-state index in [2.05, 4.69) is 5.32 Å². The van der Waals surface area contributed by atoms with Gasteiger partial charge in [0.15, 0.2) is 0 Å². The molecule has 1 amide bonds. The molecule has 0 aromatic heterocycles. The summed E-state index contributed by atoms with van der Waals surface area (Å²) in [7, 11) is 0. The van der Waals surface area contributed by atoms with E-state index in [9.17, 15) is 14.7 Å². The second-order valence-electron chi connectivity index (χ2n) is 7.48. The molecule has 0 aromatic rings. The first-order valence-corrected chi connectivity index (χ1v) is 7.39. The molecule has 0 saturated heterocycles. The molecule has 4 atom stereocenters. The highest BCUT2D eigenvalue weighted by molar-refractivity contribution is 5.83. The van der Waals surface area contributed by atoms with Crippen molar-refractivity contribution < 1.29 is 14.7 Å². The molecule has 4 N–H and O–H groups in total. The molecular formula is C15H26N2O3. The molecule has 0 radical (unpaired) electrons. The molecule has 0 heterocycles. The van der Waals surface area contributed by atoms with Crippen LogP contribution in [0.5, 0.6) is 0 Å². The first-order valence-electron chi connectivity index (χ1n) is 7.39. The highest BCUT2D eigenvalue weighted by atomic mass is 16.4. The zero-order valence-electron chi connectivity index (χ0n) is 12.8. The predicted molar refractivity (Wildman–Crippen MR) is 75.9 cm³/mol. The van der Waals surface area contributed by atoms with Gasteiger partial charge in [0, 0.05) is 11.6 Å². The number of carboxylic acids is 1. The second-order valence-corrected chi connectivity index (χ2v) is 7.48. The van der Waals surface area contributed by atoms with Crippen molar-refractivity contribution in [1.82, 2.24) is 5.32 Å². The Morgan fingerprint density at radius 3 is 2.15 bits per heavy atom. The highest BCUT2D eigenvalue weighted by Crippen LogP contribution is 2.48. The van der Waals surface area contributed by atoms with Crippen molar-refractivity contribution in [2.24, 2.45) is 28.9 Å².